The van der Waals surface area contributed by atoms with Crippen molar-refractivity contribution in [2.45, 2.75) is 45.2 Å². The maximum Gasteiger partial charge on any atom is 0.187 e. The fourth-order valence-electron chi connectivity index (χ4n) is 3.17. The van der Waals surface area contributed by atoms with Gasteiger partial charge in [-0.2, -0.15) is 0 Å². The van der Waals surface area contributed by atoms with E-state index in [0.717, 1.165) is 48.6 Å². The van der Waals surface area contributed by atoms with E-state index < -0.39 is 0 Å². The predicted octanol–water partition coefficient (Wildman–Crippen LogP) is 3.00. The highest BCUT2D eigenvalue weighted by Gasteiger charge is 2.50. The lowest BCUT2D eigenvalue weighted by Gasteiger charge is -2.30. The predicted molar refractivity (Wildman–Crippen MR) is 92.2 cm³/mol. The minimum Gasteiger partial charge on any atom is -0.378 e. The number of H-pyrrole nitrogens is 1. The average molecular weight is 331 g/mol. The fraction of sp³-hybridized carbons (Fsp3) is 0.611. The Hall–Kier alpha value is -1.63. The quantitative estimate of drug-likeness (QED) is 0.917. The molecule has 0 bridgehead atoms. The van der Waals surface area contributed by atoms with Crippen molar-refractivity contribution < 1.29 is 14.2 Å². The lowest BCUT2D eigenvalue weighted by Crippen LogP contribution is -2.41. The number of hydrogen-bond acceptors (Lipinski definition) is 5. The molecule has 130 valence electrons. The molecule has 0 spiro atoms. The molecule has 1 N–H and O–H groups in total. The van der Waals surface area contributed by atoms with Crippen molar-refractivity contribution in [1.29, 1.82) is 0 Å². The van der Waals surface area contributed by atoms with E-state index in [-0.39, 0.29) is 17.5 Å². The molecule has 6 nitrogen and oxygen atoms in total. The average Bonchev–Trinajstić information content (AvgIpc) is 3.06. The van der Waals surface area contributed by atoms with E-state index >= 15 is 0 Å². The van der Waals surface area contributed by atoms with Gasteiger partial charge in [-0.05, 0) is 33.8 Å². The van der Waals surface area contributed by atoms with Crippen LogP contribution in [0.3, 0.4) is 0 Å². The molecule has 0 aromatic carbocycles. The molecule has 0 amide bonds. The van der Waals surface area contributed by atoms with Crippen LogP contribution in [-0.2, 0) is 14.2 Å². The number of rotatable bonds is 2. The van der Waals surface area contributed by atoms with Gasteiger partial charge in [-0.3, -0.25) is 0 Å². The summed E-state index contributed by atoms with van der Waals surface area (Å²) >= 11 is 0. The van der Waals surface area contributed by atoms with E-state index in [0.29, 0.717) is 0 Å². The SMILES string of the molecule is CC1(C)OC(c2c[nH]c3ncc(N4CCOCC4)cc23)OC1(C)C. The molecule has 0 radical (unpaired) electrons. The van der Waals surface area contributed by atoms with Crippen molar-refractivity contribution in [3.05, 3.63) is 24.0 Å². The molecule has 6 heteroatoms. The summed E-state index contributed by atoms with van der Waals surface area (Å²) in [5, 5.41) is 1.05. The van der Waals surface area contributed by atoms with Gasteiger partial charge in [0.1, 0.15) is 5.65 Å². The Kier molecular flexibility index (Phi) is 3.60. The lowest BCUT2D eigenvalue weighted by atomic mass is 9.90. The Morgan fingerprint density at radius 1 is 1.12 bits per heavy atom. The van der Waals surface area contributed by atoms with E-state index in [1.54, 1.807) is 0 Å². The van der Waals surface area contributed by atoms with E-state index in [4.69, 9.17) is 14.2 Å². The number of aromatic amines is 1. The van der Waals surface area contributed by atoms with Crippen LogP contribution in [-0.4, -0.2) is 47.5 Å². The maximum absolute atomic E-state index is 6.20. The maximum atomic E-state index is 6.20. The summed E-state index contributed by atoms with van der Waals surface area (Å²) < 4.78 is 17.8. The van der Waals surface area contributed by atoms with Crippen molar-refractivity contribution in [2.24, 2.45) is 0 Å². The van der Waals surface area contributed by atoms with Crippen LogP contribution in [0.4, 0.5) is 5.69 Å². The third kappa shape index (κ3) is 2.49. The molecular weight excluding hydrogens is 306 g/mol. The zero-order chi connectivity index (χ0) is 16.9. The van der Waals surface area contributed by atoms with Crippen molar-refractivity contribution in [3.63, 3.8) is 0 Å². The molecule has 0 atom stereocenters. The molecule has 2 fully saturated rings. The Bertz CT molecular complexity index is 731. The highest BCUT2D eigenvalue weighted by Crippen LogP contribution is 2.46. The summed E-state index contributed by atoms with van der Waals surface area (Å²) in [5.41, 5.74) is 2.28. The number of ether oxygens (including phenoxy) is 3. The third-order valence-electron chi connectivity index (χ3n) is 5.43. The standard InChI is InChI=1S/C18H25N3O3/c1-17(2)18(3,4)24-16(23-17)14-11-20-15-13(14)9-12(10-19-15)21-5-7-22-8-6-21/h9-11,16H,5-8H2,1-4H3,(H,19,20). The summed E-state index contributed by atoms with van der Waals surface area (Å²) in [7, 11) is 0. The van der Waals surface area contributed by atoms with Crippen LogP contribution < -0.4 is 4.90 Å². The van der Waals surface area contributed by atoms with Crippen molar-refractivity contribution in [3.8, 4) is 0 Å². The molecule has 0 saturated carbocycles. The molecule has 0 aliphatic carbocycles. The number of aromatic nitrogens is 2. The first-order valence-electron chi connectivity index (χ1n) is 8.53. The number of hydrogen-bond donors (Lipinski definition) is 1. The summed E-state index contributed by atoms with van der Waals surface area (Å²) in [6, 6.07) is 2.17. The van der Waals surface area contributed by atoms with Gasteiger partial charge in [-0.15, -0.1) is 0 Å². The Morgan fingerprint density at radius 3 is 2.46 bits per heavy atom. The van der Waals surface area contributed by atoms with Crippen LogP contribution in [0.5, 0.6) is 0 Å². The highest BCUT2D eigenvalue weighted by atomic mass is 16.7. The molecule has 2 aliphatic heterocycles. The summed E-state index contributed by atoms with van der Waals surface area (Å²) in [5.74, 6) is 0. The first-order valence-corrected chi connectivity index (χ1v) is 8.53. The van der Waals surface area contributed by atoms with E-state index in [2.05, 4.69) is 48.6 Å². The smallest absolute Gasteiger partial charge is 0.187 e. The number of pyridine rings is 1. The normalized spacial score (nSPS) is 23.9. The first-order chi connectivity index (χ1) is 11.4. The van der Waals surface area contributed by atoms with Gasteiger partial charge in [-0.1, -0.05) is 0 Å². The van der Waals surface area contributed by atoms with Gasteiger partial charge in [0.15, 0.2) is 6.29 Å². The van der Waals surface area contributed by atoms with E-state index in [9.17, 15) is 0 Å². The van der Waals surface area contributed by atoms with Crippen LogP contribution in [0.1, 0.15) is 39.5 Å². The zero-order valence-corrected chi connectivity index (χ0v) is 14.8. The van der Waals surface area contributed by atoms with Gasteiger partial charge in [0.2, 0.25) is 0 Å². The van der Waals surface area contributed by atoms with E-state index in [1.165, 1.54) is 0 Å². The second-order valence-electron chi connectivity index (χ2n) is 7.52. The topological polar surface area (TPSA) is 59.6 Å². The van der Waals surface area contributed by atoms with E-state index in [1.807, 2.05) is 12.4 Å². The number of nitrogens with zero attached hydrogens (tertiary/aromatic N) is 2. The second kappa shape index (κ2) is 5.44. The van der Waals surface area contributed by atoms with Crippen LogP contribution in [0.15, 0.2) is 18.5 Å². The molecule has 4 heterocycles. The Labute approximate surface area is 142 Å². The van der Waals surface area contributed by atoms with Crippen molar-refractivity contribution in [2.75, 3.05) is 31.2 Å². The largest absolute Gasteiger partial charge is 0.378 e. The minimum absolute atomic E-state index is 0.351. The Morgan fingerprint density at radius 2 is 1.79 bits per heavy atom. The minimum atomic E-state index is -0.384. The third-order valence-corrected chi connectivity index (χ3v) is 5.43. The molecule has 4 rings (SSSR count). The monoisotopic (exact) mass is 331 g/mol. The fourth-order valence-corrected chi connectivity index (χ4v) is 3.17. The van der Waals surface area contributed by atoms with Crippen LogP contribution in [0.2, 0.25) is 0 Å². The van der Waals surface area contributed by atoms with Crippen molar-refractivity contribution in [1.82, 2.24) is 9.97 Å². The van der Waals surface area contributed by atoms with Gasteiger partial charge < -0.3 is 24.1 Å². The molecule has 2 saturated heterocycles. The molecule has 2 aromatic heterocycles. The molecule has 24 heavy (non-hydrogen) atoms. The summed E-state index contributed by atoms with van der Waals surface area (Å²) in [6.07, 6.45) is 3.48. The molecule has 2 aliphatic rings. The lowest BCUT2D eigenvalue weighted by molar-refractivity contribution is -0.0885. The molecular formula is C18H25N3O3. The highest BCUT2D eigenvalue weighted by molar-refractivity contribution is 5.83. The van der Waals surface area contributed by atoms with Gasteiger partial charge in [0, 0.05) is 30.2 Å². The summed E-state index contributed by atoms with van der Waals surface area (Å²) in [4.78, 5) is 10.1. The number of anilines is 1. The first kappa shape index (κ1) is 15.9. The van der Waals surface area contributed by atoms with Crippen LogP contribution >= 0.6 is 0 Å². The number of morpholine rings is 1. The van der Waals surface area contributed by atoms with Gasteiger partial charge in [0.05, 0.1) is 36.3 Å². The van der Waals surface area contributed by atoms with Crippen LogP contribution in [0, 0.1) is 0 Å². The Balaban J connectivity index is 1.69. The molecule has 0 unspecified atom stereocenters. The zero-order valence-electron chi connectivity index (χ0n) is 14.8. The van der Waals surface area contributed by atoms with Gasteiger partial charge >= 0.3 is 0 Å². The number of nitrogens with one attached hydrogen (secondary N) is 1. The molecule has 2 aromatic rings. The second-order valence-corrected chi connectivity index (χ2v) is 7.52. The number of fused-ring (bicyclic) bond motifs is 1. The van der Waals surface area contributed by atoms with Gasteiger partial charge in [0.25, 0.3) is 0 Å². The summed E-state index contributed by atoms with van der Waals surface area (Å²) in [6.45, 7) is 11.6. The van der Waals surface area contributed by atoms with Crippen molar-refractivity contribution >= 4 is 16.7 Å². The van der Waals surface area contributed by atoms with Gasteiger partial charge in [-0.25, -0.2) is 4.98 Å². The van der Waals surface area contributed by atoms with Crippen LogP contribution in [0.25, 0.3) is 11.0 Å².